The van der Waals surface area contributed by atoms with Crippen LogP contribution in [0.25, 0.3) is 65.8 Å². The molecule has 9 rings (SSSR count). The Hall–Kier alpha value is -6.00. The minimum absolute atomic E-state index is 0.0444. The van der Waals surface area contributed by atoms with E-state index in [4.69, 9.17) is 0 Å². The van der Waals surface area contributed by atoms with Crippen molar-refractivity contribution >= 4 is 60.2 Å². The van der Waals surface area contributed by atoms with E-state index in [2.05, 4.69) is 142 Å². The molecule has 0 aliphatic rings. The monoisotopic (exact) mass is 563 g/mol. The van der Waals surface area contributed by atoms with Crippen molar-refractivity contribution in [2.45, 2.75) is 0 Å². The molecule has 3 aromatic heterocycles. The number of nitrogens with zero attached hydrogens (tertiary/aromatic N) is 3. The Morgan fingerprint density at radius 2 is 0.864 bits per heavy atom. The molecule has 0 N–H and O–H groups in total. The van der Waals surface area contributed by atoms with Crippen molar-refractivity contribution in [3.8, 4) is 11.4 Å². The first-order chi connectivity index (χ1) is 21.8. The molecule has 44 heavy (non-hydrogen) atoms. The zero-order valence-electron chi connectivity index (χ0n) is 23.7. The van der Waals surface area contributed by atoms with Crippen molar-refractivity contribution in [2.75, 3.05) is 0 Å². The van der Waals surface area contributed by atoms with Crippen molar-refractivity contribution in [3.05, 3.63) is 163 Å². The number of ketones is 1. The van der Waals surface area contributed by atoms with Crippen LogP contribution in [0.1, 0.15) is 15.9 Å². The number of hydrogen-bond acceptors (Lipinski definition) is 2. The third-order valence-electron chi connectivity index (χ3n) is 8.81. The number of carbonyl (C=O) groups excluding carboxylic acids is 1. The van der Waals surface area contributed by atoms with Gasteiger partial charge in [-0.15, -0.1) is 0 Å². The summed E-state index contributed by atoms with van der Waals surface area (Å²) >= 11 is 0. The van der Waals surface area contributed by atoms with Crippen molar-refractivity contribution in [1.29, 1.82) is 0 Å². The molecule has 0 aliphatic carbocycles. The van der Waals surface area contributed by atoms with Gasteiger partial charge in [-0.1, -0.05) is 97.1 Å². The van der Waals surface area contributed by atoms with Gasteiger partial charge < -0.3 is 9.13 Å². The molecule has 206 valence electrons. The minimum atomic E-state index is -0.0444. The second kappa shape index (κ2) is 9.51. The summed E-state index contributed by atoms with van der Waals surface area (Å²) in [6, 6.07) is 48.1. The van der Waals surface area contributed by atoms with E-state index < -0.39 is 0 Å². The van der Waals surface area contributed by atoms with Gasteiger partial charge >= 0.3 is 0 Å². The van der Waals surface area contributed by atoms with E-state index in [1.165, 1.54) is 10.8 Å². The maximum absolute atomic E-state index is 14.7. The number of carbonyl (C=O) groups is 1. The highest BCUT2D eigenvalue weighted by Crippen LogP contribution is 2.41. The van der Waals surface area contributed by atoms with E-state index in [-0.39, 0.29) is 5.78 Å². The van der Waals surface area contributed by atoms with Crippen molar-refractivity contribution in [2.24, 2.45) is 0 Å². The summed E-state index contributed by atoms with van der Waals surface area (Å²) in [4.78, 5) is 18.9. The van der Waals surface area contributed by atoms with Gasteiger partial charge in [0.2, 0.25) is 0 Å². The van der Waals surface area contributed by atoms with Crippen LogP contribution in [0.4, 0.5) is 0 Å². The molecule has 3 heterocycles. The number of aromatic nitrogens is 3. The molecule has 0 fully saturated rings. The van der Waals surface area contributed by atoms with Crippen LogP contribution in [0, 0.1) is 0 Å². The molecule has 0 atom stereocenters. The minimum Gasteiger partial charge on any atom is -0.309 e. The summed E-state index contributed by atoms with van der Waals surface area (Å²) < 4.78 is 4.59. The standard InChI is InChI=1S/C40H25N3O/c44-40(26-21-23-41-24-22-26)33-25-38(42-34-17-7-3-11-27(34)28-12-4-8-18-35(28)42)31-15-1-2-16-32(31)39(33)43-36-19-9-5-13-29(36)30-14-6-10-20-37(30)43/h1-25H. The Kier molecular flexibility index (Phi) is 5.32. The van der Waals surface area contributed by atoms with Crippen molar-refractivity contribution in [3.63, 3.8) is 0 Å². The maximum Gasteiger partial charge on any atom is 0.195 e. The fourth-order valence-electron chi connectivity index (χ4n) is 6.94. The Bertz CT molecular complexity index is 2470. The molecular weight excluding hydrogens is 538 g/mol. The van der Waals surface area contributed by atoms with E-state index in [1.54, 1.807) is 24.5 Å². The highest BCUT2D eigenvalue weighted by molar-refractivity contribution is 6.19. The third-order valence-corrected chi connectivity index (χ3v) is 8.81. The molecule has 4 heteroatoms. The molecule has 0 amide bonds. The van der Waals surface area contributed by atoms with E-state index in [0.29, 0.717) is 11.1 Å². The van der Waals surface area contributed by atoms with Gasteiger partial charge in [-0.05, 0) is 42.5 Å². The van der Waals surface area contributed by atoms with Crippen LogP contribution >= 0.6 is 0 Å². The Morgan fingerprint density at radius 3 is 1.36 bits per heavy atom. The van der Waals surface area contributed by atoms with Gasteiger partial charge in [0, 0.05) is 55.8 Å². The molecular formula is C40H25N3O. The molecule has 0 saturated carbocycles. The van der Waals surface area contributed by atoms with Crippen molar-refractivity contribution < 1.29 is 4.79 Å². The van der Waals surface area contributed by atoms with E-state index in [0.717, 1.165) is 55.0 Å². The number of para-hydroxylation sites is 4. The lowest BCUT2D eigenvalue weighted by Crippen LogP contribution is -2.11. The van der Waals surface area contributed by atoms with Gasteiger partial charge in [0.25, 0.3) is 0 Å². The average molecular weight is 564 g/mol. The topological polar surface area (TPSA) is 39.8 Å². The van der Waals surface area contributed by atoms with Gasteiger partial charge in [-0.25, -0.2) is 0 Å². The molecule has 0 aliphatic heterocycles. The molecule has 9 aromatic rings. The van der Waals surface area contributed by atoms with Crippen LogP contribution < -0.4 is 0 Å². The maximum atomic E-state index is 14.7. The first kappa shape index (κ1) is 24.6. The molecule has 0 radical (unpaired) electrons. The predicted molar refractivity (Wildman–Crippen MR) is 180 cm³/mol. The fraction of sp³-hybridized carbons (Fsp3) is 0. The molecule has 0 bridgehead atoms. The molecule has 0 spiro atoms. The summed E-state index contributed by atoms with van der Waals surface area (Å²) in [6.07, 6.45) is 3.37. The molecule has 0 unspecified atom stereocenters. The van der Waals surface area contributed by atoms with E-state index >= 15 is 0 Å². The lowest BCUT2D eigenvalue weighted by molar-refractivity contribution is 0.103. The molecule has 0 saturated heterocycles. The third kappa shape index (κ3) is 3.45. The molecule has 6 aromatic carbocycles. The van der Waals surface area contributed by atoms with E-state index in [9.17, 15) is 4.79 Å². The average Bonchev–Trinajstić information content (AvgIpc) is 3.61. The lowest BCUT2D eigenvalue weighted by atomic mass is 9.95. The number of pyridine rings is 1. The smallest absolute Gasteiger partial charge is 0.195 e. The van der Waals surface area contributed by atoms with Crippen LogP contribution in [-0.2, 0) is 0 Å². The zero-order chi connectivity index (χ0) is 29.2. The summed E-state index contributed by atoms with van der Waals surface area (Å²) in [5.74, 6) is -0.0444. The summed E-state index contributed by atoms with van der Waals surface area (Å²) in [6.45, 7) is 0. The lowest BCUT2D eigenvalue weighted by Gasteiger charge is -2.20. The number of hydrogen-bond donors (Lipinski definition) is 0. The second-order valence-corrected chi connectivity index (χ2v) is 11.1. The summed E-state index contributed by atoms with van der Waals surface area (Å²) in [7, 11) is 0. The predicted octanol–water partition coefficient (Wildman–Crippen LogP) is 9.66. The highest BCUT2D eigenvalue weighted by atomic mass is 16.1. The van der Waals surface area contributed by atoms with Crippen LogP contribution in [0.15, 0.2) is 152 Å². The van der Waals surface area contributed by atoms with Gasteiger partial charge in [-0.2, -0.15) is 0 Å². The summed E-state index contributed by atoms with van der Waals surface area (Å²) in [5.41, 5.74) is 7.42. The van der Waals surface area contributed by atoms with Gasteiger partial charge in [0.05, 0.1) is 33.4 Å². The number of benzene rings is 6. The number of fused-ring (bicyclic) bond motifs is 7. The zero-order valence-corrected chi connectivity index (χ0v) is 23.7. The van der Waals surface area contributed by atoms with Crippen molar-refractivity contribution in [1.82, 2.24) is 14.1 Å². The summed E-state index contributed by atoms with van der Waals surface area (Å²) in [5, 5.41) is 6.75. The second-order valence-electron chi connectivity index (χ2n) is 11.1. The Morgan fingerprint density at radius 1 is 0.455 bits per heavy atom. The van der Waals surface area contributed by atoms with Crippen LogP contribution in [0.3, 0.4) is 0 Å². The number of rotatable bonds is 4. The van der Waals surface area contributed by atoms with Crippen LogP contribution in [0.2, 0.25) is 0 Å². The Balaban J connectivity index is 1.49. The SMILES string of the molecule is O=C(c1ccncc1)c1cc(-n2c3ccccc3c3ccccc32)c2ccccc2c1-n1c2ccccc2c2ccccc21. The largest absolute Gasteiger partial charge is 0.309 e. The molecule has 4 nitrogen and oxygen atoms in total. The van der Waals surface area contributed by atoms with Gasteiger partial charge in [0.1, 0.15) is 0 Å². The quantitative estimate of drug-likeness (QED) is 0.200. The highest BCUT2D eigenvalue weighted by Gasteiger charge is 2.25. The van der Waals surface area contributed by atoms with E-state index in [1.807, 2.05) is 0 Å². The van der Waals surface area contributed by atoms with Crippen LogP contribution in [-0.4, -0.2) is 19.9 Å². The van der Waals surface area contributed by atoms with Gasteiger partial charge in [0.15, 0.2) is 5.78 Å². The first-order valence-electron chi connectivity index (χ1n) is 14.8. The fourth-order valence-corrected chi connectivity index (χ4v) is 6.94. The van der Waals surface area contributed by atoms with Crippen LogP contribution in [0.5, 0.6) is 0 Å². The first-order valence-corrected chi connectivity index (χ1v) is 14.8. The van der Waals surface area contributed by atoms with Gasteiger partial charge in [-0.3, -0.25) is 9.78 Å². The normalized spacial score (nSPS) is 11.7. The Labute approximate surface area is 253 Å².